The number of hydrogen-bond acceptors (Lipinski definition) is 3. The molecule has 6 nitrogen and oxygen atoms in total. The van der Waals surface area contributed by atoms with Crippen LogP contribution in [-0.4, -0.2) is 37.1 Å². The van der Waals surface area contributed by atoms with Crippen LogP contribution in [0.5, 0.6) is 0 Å². The van der Waals surface area contributed by atoms with Gasteiger partial charge in [-0.1, -0.05) is 0 Å². The van der Waals surface area contributed by atoms with Crippen LogP contribution in [0.2, 0.25) is 0 Å². The molecule has 19 heavy (non-hydrogen) atoms. The van der Waals surface area contributed by atoms with Crippen molar-refractivity contribution in [3.63, 3.8) is 0 Å². The van der Waals surface area contributed by atoms with Gasteiger partial charge in [-0.2, -0.15) is 0 Å². The Morgan fingerprint density at radius 3 is 2.89 bits per heavy atom. The molecule has 6 heteroatoms. The number of hydrogen-bond donors (Lipinski definition) is 3. The Hall–Kier alpha value is -2.34. The minimum absolute atomic E-state index is 0.305. The summed E-state index contributed by atoms with van der Waals surface area (Å²) < 4.78 is 4.78. The van der Waals surface area contributed by atoms with E-state index in [9.17, 15) is 9.59 Å². The molecule has 0 radical (unpaired) electrons. The second-order valence-corrected chi connectivity index (χ2v) is 3.98. The molecule has 1 aromatic carbocycles. The highest BCUT2D eigenvalue weighted by Crippen LogP contribution is 2.17. The summed E-state index contributed by atoms with van der Waals surface area (Å²) in [6.07, 6.45) is 1.81. The quantitative estimate of drug-likeness (QED) is 0.564. The summed E-state index contributed by atoms with van der Waals surface area (Å²) >= 11 is 0. The van der Waals surface area contributed by atoms with E-state index in [1.54, 1.807) is 12.1 Å². The molecular formula is C13H15N3O3. The summed E-state index contributed by atoms with van der Waals surface area (Å²) in [5.41, 5.74) is 1.56. The second-order valence-electron chi connectivity index (χ2n) is 3.98. The molecule has 0 bridgehead atoms. The van der Waals surface area contributed by atoms with Gasteiger partial charge in [0, 0.05) is 36.4 Å². The van der Waals surface area contributed by atoms with Crippen LogP contribution < -0.4 is 10.6 Å². The van der Waals surface area contributed by atoms with E-state index in [0.29, 0.717) is 18.8 Å². The lowest BCUT2D eigenvalue weighted by Gasteiger charge is -2.06. The van der Waals surface area contributed by atoms with Crippen LogP contribution in [0.4, 0.5) is 5.69 Å². The molecule has 0 unspecified atom stereocenters. The van der Waals surface area contributed by atoms with E-state index in [1.165, 1.54) is 7.11 Å². The van der Waals surface area contributed by atoms with Gasteiger partial charge in [0.1, 0.15) is 0 Å². The number of nitrogens with one attached hydrogen (secondary N) is 3. The first-order valence-electron chi connectivity index (χ1n) is 5.86. The number of aromatic nitrogens is 1. The number of H-pyrrole nitrogens is 1. The van der Waals surface area contributed by atoms with Crippen LogP contribution in [0.3, 0.4) is 0 Å². The molecule has 0 aliphatic heterocycles. The van der Waals surface area contributed by atoms with E-state index in [2.05, 4.69) is 15.6 Å². The average molecular weight is 261 g/mol. The van der Waals surface area contributed by atoms with Crippen molar-refractivity contribution in [2.75, 3.05) is 25.6 Å². The van der Waals surface area contributed by atoms with Crippen molar-refractivity contribution in [1.29, 1.82) is 0 Å². The highest BCUT2D eigenvalue weighted by molar-refractivity contribution is 6.39. The molecule has 0 spiro atoms. The number of aromatic amines is 1. The summed E-state index contributed by atoms with van der Waals surface area (Å²) in [6.45, 7) is 0.675. The van der Waals surface area contributed by atoms with Crippen LogP contribution in [0.25, 0.3) is 10.9 Å². The molecule has 1 aromatic heterocycles. The number of rotatable bonds is 4. The zero-order chi connectivity index (χ0) is 13.7. The molecule has 2 amide bonds. The fraction of sp³-hybridized carbons (Fsp3) is 0.231. The van der Waals surface area contributed by atoms with E-state index in [1.807, 2.05) is 18.3 Å². The normalized spacial score (nSPS) is 10.4. The Morgan fingerprint density at radius 2 is 2.11 bits per heavy atom. The van der Waals surface area contributed by atoms with Crippen molar-refractivity contribution in [1.82, 2.24) is 10.3 Å². The van der Waals surface area contributed by atoms with Crippen molar-refractivity contribution in [3.8, 4) is 0 Å². The Bertz CT molecular complexity index is 592. The molecule has 100 valence electrons. The molecule has 3 N–H and O–H groups in total. The van der Waals surface area contributed by atoms with Gasteiger partial charge in [0.05, 0.1) is 6.61 Å². The molecule has 0 aliphatic carbocycles. The topological polar surface area (TPSA) is 83.2 Å². The van der Waals surface area contributed by atoms with Crippen molar-refractivity contribution in [3.05, 3.63) is 30.5 Å². The number of carbonyl (C=O) groups is 2. The van der Waals surface area contributed by atoms with Crippen LogP contribution in [0.1, 0.15) is 0 Å². The van der Waals surface area contributed by atoms with Crippen molar-refractivity contribution >= 4 is 28.4 Å². The third kappa shape index (κ3) is 3.32. The zero-order valence-corrected chi connectivity index (χ0v) is 10.5. The molecule has 2 aromatic rings. The predicted octanol–water partition coefficient (Wildman–Crippen LogP) is 0.869. The van der Waals surface area contributed by atoms with Crippen molar-refractivity contribution in [2.45, 2.75) is 0 Å². The van der Waals surface area contributed by atoms with E-state index < -0.39 is 11.8 Å². The van der Waals surface area contributed by atoms with Crippen molar-refractivity contribution < 1.29 is 14.3 Å². The smallest absolute Gasteiger partial charge is 0.313 e. The lowest BCUT2D eigenvalue weighted by Crippen LogP contribution is -2.37. The van der Waals surface area contributed by atoms with Gasteiger partial charge in [-0.3, -0.25) is 9.59 Å². The maximum Gasteiger partial charge on any atom is 0.313 e. The second kappa shape index (κ2) is 6.01. The minimum atomic E-state index is -0.689. The van der Waals surface area contributed by atoms with Gasteiger partial charge >= 0.3 is 11.8 Å². The summed E-state index contributed by atoms with van der Waals surface area (Å²) in [7, 11) is 1.53. The molecule has 0 saturated carbocycles. The number of methoxy groups -OCH3 is 1. The monoisotopic (exact) mass is 261 g/mol. The number of ether oxygens (including phenoxy) is 1. The average Bonchev–Trinajstić information content (AvgIpc) is 2.86. The van der Waals surface area contributed by atoms with Gasteiger partial charge in [-0.25, -0.2) is 0 Å². The fourth-order valence-electron chi connectivity index (χ4n) is 1.67. The molecule has 0 saturated heterocycles. The largest absolute Gasteiger partial charge is 0.383 e. The summed E-state index contributed by atoms with van der Waals surface area (Å²) in [5.74, 6) is -1.36. The first-order valence-corrected chi connectivity index (χ1v) is 5.86. The van der Waals surface area contributed by atoms with Gasteiger partial charge in [-0.15, -0.1) is 0 Å². The van der Waals surface area contributed by atoms with Crippen LogP contribution in [0, 0.1) is 0 Å². The lowest BCUT2D eigenvalue weighted by molar-refractivity contribution is -0.136. The minimum Gasteiger partial charge on any atom is -0.383 e. The van der Waals surface area contributed by atoms with Gasteiger partial charge in [0.25, 0.3) is 0 Å². The molecule has 0 atom stereocenters. The maximum atomic E-state index is 11.6. The summed E-state index contributed by atoms with van der Waals surface area (Å²) in [6, 6.07) is 7.27. The van der Waals surface area contributed by atoms with Gasteiger partial charge in [0.15, 0.2) is 0 Å². The summed E-state index contributed by atoms with van der Waals surface area (Å²) in [4.78, 5) is 26.1. The SMILES string of the molecule is COCCNC(=O)C(=O)Nc1ccc2[nH]ccc2c1. The highest BCUT2D eigenvalue weighted by Gasteiger charge is 2.12. The Kier molecular flexibility index (Phi) is 4.15. The van der Waals surface area contributed by atoms with E-state index in [4.69, 9.17) is 4.74 Å². The maximum absolute atomic E-state index is 11.6. The van der Waals surface area contributed by atoms with E-state index in [-0.39, 0.29) is 0 Å². The Labute approximate surface area is 110 Å². The third-order valence-electron chi connectivity index (χ3n) is 2.61. The number of amides is 2. The molecule has 1 heterocycles. The molecular weight excluding hydrogens is 246 g/mol. The van der Waals surface area contributed by atoms with Gasteiger partial charge < -0.3 is 20.4 Å². The number of fused-ring (bicyclic) bond motifs is 1. The molecule has 0 fully saturated rings. The van der Waals surface area contributed by atoms with E-state index >= 15 is 0 Å². The fourth-order valence-corrected chi connectivity index (χ4v) is 1.67. The zero-order valence-electron chi connectivity index (χ0n) is 10.5. The summed E-state index contributed by atoms with van der Waals surface area (Å²) in [5, 5.41) is 5.97. The number of carbonyl (C=O) groups excluding carboxylic acids is 2. The van der Waals surface area contributed by atoms with Crippen LogP contribution in [0.15, 0.2) is 30.5 Å². The Morgan fingerprint density at radius 1 is 1.26 bits per heavy atom. The number of anilines is 1. The number of benzene rings is 1. The highest BCUT2D eigenvalue weighted by atomic mass is 16.5. The first kappa shape index (κ1) is 13.1. The molecule has 2 rings (SSSR count). The lowest BCUT2D eigenvalue weighted by atomic mass is 10.2. The standard InChI is InChI=1S/C13H15N3O3/c1-19-7-6-15-12(17)13(18)16-10-2-3-11-9(8-10)4-5-14-11/h2-5,8,14H,6-7H2,1H3,(H,15,17)(H,16,18). The van der Waals surface area contributed by atoms with Crippen molar-refractivity contribution in [2.24, 2.45) is 0 Å². The van der Waals surface area contributed by atoms with Gasteiger partial charge in [-0.05, 0) is 24.3 Å². The third-order valence-corrected chi connectivity index (χ3v) is 2.61. The van der Waals surface area contributed by atoms with Crippen LogP contribution in [-0.2, 0) is 14.3 Å². The molecule has 0 aliphatic rings. The van der Waals surface area contributed by atoms with E-state index in [0.717, 1.165) is 10.9 Å². The van der Waals surface area contributed by atoms with Crippen LogP contribution >= 0.6 is 0 Å². The predicted molar refractivity (Wildman–Crippen MR) is 71.8 cm³/mol. The first-order chi connectivity index (χ1) is 9.20. The Balaban J connectivity index is 1.95. The van der Waals surface area contributed by atoms with Gasteiger partial charge in [0.2, 0.25) is 0 Å².